The Kier molecular flexibility index (Phi) is 6.33. The van der Waals surface area contributed by atoms with E-state index in [1.807, 2.05) is 30.4 Å². The molecule has 2 heterocycles. The van der Waals surface area contributed by atoms with Crippen LogP contribution in [0.25, 0.3) is 0 Å². The van der Waals surface area contributed by atoms with Crippen LogP contribution in [0.2, 0.25) is 5.02 Å². The molecule has 1 fully saturated rings. The number of fused-ring (bicyclic) bond motifs is 9. The van der Waals surface area contributed by atoms with Crippen molar-refractivity contribution in [2.24, 2.45) is 0 Å². The van der Waals surface area contributed by atoms with E-state index in [0.717, 1.165) is 5.56 Å². The van der Waals surface area contributed by atoms with Crippen LogP contribution >= 0.6 is 11.6 Å². The van der Waals surface area contributed by atoms with Gasteiger partial charge in [0.2, 0.25) is 5.91 Å². The van der Waals surface area contributed by atoms with Gasteiger partial charge in [0.1, 0.15) is 23.9 Å². The van der Waals surface area contributed by atoms with E-state index in [1.165, 1.54) is 0 Å². The van der Waals surface area contributed by atoms with Gasteiger partial charge >= 0.3 is 0 Å². The number of nitriles is 1. The van der Waals surface area contributed by atoms with Crippen molar-refractivity contribution in [1.29, 1.82) is 5.26 Å². The molecule has 3 aliphatic rings. The number of carbonyl (C=O) groups is 2. The summed E-state index contributed by atoms with van der Waals surface area (Å²) in [5.41, 5.74) is 1.01. The number of nitrogens with zero attached hydrogens (tertiary/aromatic N) is 1. The van der Waals surface area contributed by atoms with E-state index in [9.17, 15) is 14.9 Å². The summed E-state index contributed by atoms with van der Waals surface area (Å²) in [6.07, 6.45) is 5.20. The highest BCUT2D eigenvalue weighted by Gasteiger charge is 2.45. The summed E-state index contributed by atoms with van der Waals surface area (Å²) in [5.74, 6) is -0.238. The zero-order valence-electron chi connectivity index (χ0n) is 17.4. The molecule has 2 amide bonds. The number of hydrogen-bond donors (Lipinski definition) is 3. The van der Waals surface area contributed by atoms with Gasteiger partial charge in [0.15, 0.2) is 0 Å². The fourth-order valence-corrected chi connectivity index (χ4v) is 3.73. The summed E-state index contributed by atoms with van der Waals surface area (Å²) >= 11 is 6.36. The van der Waals surface area contributed by atoms with Crippen molar-refractivity contribution in [1.82, 2.24) is 10.6 Å². The van der Waals surface area contributed by atoms with E-state index >= 15 is 0 Å². The number of amides is 2. The monoisotopic (exact) mass is 450 g/mol. The Bertz CT molecular complexity index is 1100. The van der Waals surface area contributed by atoms with Crippen molar-refractivity contribution in [2.75, 3.05) is 18.5 Å². The van der Waals surface area contributed by atoms with E-state index in [4.69, 9.17) is 16.3 Å². The first-order valence-electron chi connectivity index (χ1n) is 10.4. The van der Waals surface area contributed by atoms with Gasteiger partial charge in [0.05, 0.1) is 16.7 Å². The summed E-state index contributed by atoms with van der Waals surface area (Å²) in [6, 6.07) is 13.7. The highest BCUT2D eigenvalue weighted by atomic mass is 35.5. The molecule has 8 heteroatoms. The standard InChI is InChI=1S/C24H23ClN4O3/c25-18-13-16-7-8-21(18)32-12-4-3-11-27-19-6-2-1-5-17(19)22(30)28-20(14-16)23(31)29-24(15-26)9-10-24/h1-8,13,20,27H,9-12,14H2,(H,28,30)(H,29,31). The number of ether oxygens (including phenoxy) is 1. The number of nitrogens with one attached hydrogen (secondary N) is 3. The third kappa shape index (κ3) is 5.04. The Labute approximate surface area is 191 Å². The van der Waals surface area contributed by atoms with Gasteiger partial charge in [0.25, 0.3) is 5.91 Å². The van der Waals surface area contributed by atoms with Gasteiger partial charge in [-0.05, 0) is 48.7 Å². The molecule has 1 atom stereocenters. The first kappa shape index (κ1) is 21.7. The molecule has 2 bridgehead atoms. The summed E-state index contributed by atoms with van der Waals surface area (Å²) in [7, 11) is 0. The predicted molar refractivity (Wildman–Crippen MR) is 122 cm³/mol. The SMILES string of the molecule is N#CC1(NC(=O)C2Cc3ccc(c(Cl)c3)OCC=CCNc3ccccc3C(=O)N2)CC1. The maximum absolute atomic E-state index is 13.1. The van der Waals surface area contributed by atoms with Crippen LogP contribution in [0.3, 0.4) is 0 Å². The Morgan fingerprint density at radius 3 is 2.78 bits per heavy atom. The van der Waals surface area contributed by atoms with Gasteiger partial charge in [0, 0.05) is 18.7 Å². The number of hydrogen-bond acceptors (Lipinski definition) is 5. The third-order valence-corrected chi connectivity index (χ3v) is 5.76. The van der Waals surface area contributed by atoms with Crippen LogP contribution in [0.5, 0.6) is 5.75 Å². The minimum Gasteiger partial charge on any atom is -0.488 e. The second-order valence-electron chi connectivity index (χ2n) is 7.89. The molecule has 0 aromatic heterocycles. The molecule has 164 valence electrons. The maximum atomic E-state index is 13.1. The normalized spacial score (nSPS) is 19.5. The Morgan fingerprint density at radius 2 is 2.03 bits per heavy atom. The molecule has 0 spiro atoms. The van der Waals surface area contributed by atoms with Crippen molar-refractivity contribution >= 4 is 29.1 Å². The zero-order chi connectivity index (χ0) is 22.6. The summed E-state index contributed by atoms with van der Waals surface area (Å²) in [6.45, 7) is 0.846. The molecule has 1 aliphatic carbocycles. The van der Waals surface area contributed by atoms with Crippen LogP contribution < -0.4 is 20.7 Å². The van der Waals surface area contributed by atoms with Gasteiger partial charge < -0.3 is 20.7 Å². The molecule has 1 saturated carbocycles. The minimum atomic E-state index is -0.878. The number of carbonyl (C=O) groups excluding carboxylic acids is 2. The second kappa shape index (κ2) is 9.33. The average Bonchev–Trinajstić information content (AvgIpc) is 3.56. The van der Waals surface area contributed by atoms with Crippen molar-refractivity contribution in [2.45, 2.75) is 30.8 Å². The highest BCUT2D eigenvalue weighted by molar-refractivity contribution is 6.32. The molecule has 0 radical (unpaired) electrons. The number of halogens is 1. The molecule has 32 heavy (non-hydrogen) atoms. The Morgan fingerprint density at radius 1 is 1.22 bits per heavy atom. The summed E-state index contributed by atoms with van der Waals surface area (Å²) in [5, 5.41) is 18.6. The largest absolute Gasteiger partial charge is 0.488 e. The number of benzene rings is 2. The van der Waals surface area contributed by atoms with Crippen molar-refractivity contribution in [3.63, 3.8) is 0 Å². The lowest BCUT2D eigenvalue weighted by Gasteiger charge is -2.21. The second-order valence-corrected chi connectivity index (χ2v) is 8.29. The van der Waals surface area contributed by atoms with E-state index < -0.39 is 17.5 Å². The molecular formula is C24H23ClN4O3. The van der Waals surface area contributed by atoms with E-state index in [0.29, 0.717) is 48.0 Å². The highest BCUT2D eigenvalue weighted by Crippen LogP contribution is 2.34. The molecular weight excluding hydrogens is 428 g/mol. The molecule has 1 unspecified atom stereocenters. The van der Waals surface area contributed by atoms with Crippen LogP contribution in [0.15, 0.2) is 54.6 Å². The van der Waals surface area contributed by atoms with Gasteiger partial charge in [-0.3, -0.25) is 9.59 Å². The quantitative estimate of drug-likeness (QED) is 0.609. The number of para-hydroxylation sites is 1. The van der Waals surface area contributed by atoms with Gasteiger partial charge in [-0.2, -0.15) is 5.26 Å². The fraction of sp³-hybridized carbons (Fsp3) is 0.292. The van der Waals surface area contributed by atoms with Crippen molar-refractivity contribution < 1.29 is 14.3 Å². The lowest BCUT2D eigenvalue weighted by Crippen LogP contribution is -2.51. The lowest BCUT2D eigenvalue weighted by molar-refractivity contribution is -0.123. The van der Waals surface area contributed by atoms with Crippen LogP contribution in [-0.2, 0) is 11.2 Å². The zero-order valence-corrected chi connectivity index (χ0v) is 18.1. The van der Waals surface area contributed by atoms with Gasteiger partial charge in [-0.1, -0.05) is 35.9 Å². The van der Waals surface area contributed by atoms with Crippen LogP contribution in [-0.4, -0.2) is 36.5 Å². The summed E-state index contributed by atoms with van der Waals surface area (Å²) < 4.78 is 5.71. The molecule has 5 rings (SSSR count). The third-order valence-electron chi connectivity index (χ3n) is 5.47. The first-order chi connectivity index (χ1) is 15.5. The van der Waals surface area contributed by atoms with Gasteiger partial charge in [-0.15, -0.1) is 0 Å². The topological polar surface area (TPSA) is 103 Å². The summed E-state index contributed by atoms with van der Waals surface area (Å²) in [4.78, 5) is 26.2. The van der Waals surface area contributed by atoms with E-state index in [2.05, 4.69) is 22.0 Å². The van der Waals surface area contributed by atoms with Gasteiger partial charge in [-0.25, -0.2) is 0 Å². The average molecular weight is 451 g/mol. The van der Waals surface area contributed by atoms with Crippen LogP contribution in [0.4, 0.5) is 5.69 Å². The van der Waals surface area contributed by atoms with Crippen molar-refractivity contribution in [3.8, 4) is 11.8 Å². The Balaban J connectivity index is 1.65. The smallest absolute Gasteiger partial charge is 0.254 e. The van der Waals surface area contributed by atoms with Crippen LogP contribution in [0, 0.1) is 11.3 Å². The molecule has 3 N–H and O–H groups in total. The van der Waals surface area contributed by atoms with Crippen molar-refractivity contribution in [3.05, 3.63) is 70.8 Å². The molecule has 0 saturated heterocycles. The molecule has 2 aromatic rings. The number of rotatable bonds is 2. The fourth-order valence-electron chi connectivity index (χ4n) is 3.48. The minimum absolute atomic E-state index is 0.217. The molecule has 2 aliphatic heterocycles. The Hall–Kier alpha value is -3.50. The molecule has 2 aromatic carbocycles. The van der Waals surface area contributed by atoms with Crippen LogP contribution in [0.1, 0.15) is 28.8 Å². The lowest BCUT2D eigenvalue weighted by atomic mass is 10.0. The number of anilines is 1. The van der Waals surface area contributed by atoms with E-state index in [-0.39, 0.29) is 12.3 Å². The van der Waals surface area contributed by atoms with E-state index in [1.54, 1.807) is 24.3 Å². The predicted octanol–water partition coefficient (Wildman–Crippen LogP) is 3.21. The molecule has 7 nitrogen and oxygen atoms in total. The maximum Gasteiger partial charge on any atom is 0.254 e. The first-order valence-corrected chi connectivity index (χ1v) is 10.8.